The van der Waals surface area contributed by atoms with Crippen LogP contribution in [-0.4, -0.2) is 11.6 Å². The lowest BCUT2D eigenvalue weighted by Gasteiger charge is -2.25. The molecule has 0 aromatic rings. The summed E-state index contributed by atoms with van der Waals surface area (Å²) in [6.45, 7) is 3.64. The molecule has 11 heavy (non-hydrogen) atoms. The Kier molecular flexibility index (Phi) is 2.42. The van der Waals surface area contributed by atoms with Gasteiger partial charge in [-0.25, -0.2) is 0 Å². The highest BCUT2D eigenvalue weighted by atomic mass is 16.1. The Morgan fingerprint density at radius 1 is 1.55 bits per heavy atom. The molecule has 0 aromatic carbocycles. The van der Waals surface area contributed by atoms with Gasteiger partial charge in [-0.15, -0.1) is 0 Å². The number of hydrogen-bond donors (Lipinski definition) is 0. The predicted molar refractivity (Wildman–Crippen MR) is 42.2 cm³/mol. The first-order valence-electron chi connectivity index (χ1n) is 4.13. The Labute approximate surface area is 67.0 Å². The van der Waals surface area contributed by atoms with Gasteiger partial charge in [0.1, 0.15) is 11.6 Å². The zero-order chi connectivity index (χ0) is 8.43. The molecule has 62 valence electrons. The van der Waals surface area contributed by atoms with Crippen LogP contribution in [0.3, 0.4) is 0 Å². The van der Waals surface area contributed by atoms with E-state index in [1.165, 1.54) is 0 Å². The third-order valence-corrected chi connectivity index (χ3v) is 2.54. The van der Waals surface area contributed by atoms with Gasteiger partial charge in [0.05, 0.1) is 0 Å². The molecule has 0 aliphatic heterocycles. The van der Waals surface area contributed by atoms with Crippen LogP contribution in [0.1, 0.15) is 33.1 Å². The van der Waals surface area contributed by atoms with E-state index in [1.807, 2.05) is 0 Å². The quantitative estimate of drug-likeness (QED) is 0.574. The molecule has 2 unspecified atom stereocenters. The lowest BCUT2D eigenvalue weighted by Crippen LogP contribution is -2.27. The smallest absolute Gasteiger partial charge is 0.133 e. The summed E-state index contributed by atoms with van der Waals surface area (Å²) in [5.41, 5.74) is 0. The standard InChI is InChI=1S/C9H14O2/c1-6-3-4-8(11)5-9(6)7(2)10/h6,9H,3-5H2,1-2H3. The van der Waals surface area contributed by atoms with Crippen LogP contribution in [0, 0.1) is 11.8 Å². The Morgan fingerprint density at radius 2 is 2.18 bits per heavy atom. The zero-order valence-corrected chi connectivity index (χ0v) is 7.09. The first-order valence-corrected chi connectivity index (χ1v) is 4.13. The van der Waals surface area contributed by atoms with Crippen LogP contribution in [0.25, 0.3) is 0 Å². The van der Waals surface area contributed by atoms with Gasteiger partial charge < -0.3 is 0 Å². The van der Waals surface area contributed by atoms with E-state index in [-0.39, 0.29) is 17.5 Å². The van der Waals surface area contributed by atoms with Crippen molar-refractivity contribution in [3.8, 4) is 0 Å². The molecule has 1 saturated carbocycles. The maximum absolute atomic E-state index is 11.0. The second kappa shape index (κ2) is 3.16. The lowest BCUT2D eigenvalue weighted by molar-refractivity contribution is -0.130. The topological polar surface area (TPSA) is 34.1 Å². The number of ketones is 2. The highest BCUT2D eigenvalue weighted by molar-refractivity contribution is 5.88. The molecule has 0 N–H and O–H groups in total. The molecule has 0 spiro atoms. The van der Waals surface area contributed by atoms with Crippen LogP contribution < -0.4 is 0 Å². The number of rotatable bonds is 1. The fourth-order valence-corrected chi connectivity index (χ4v) is 1.68. The minimum atomic E-state index is 0.0104. The zero-order valence-electron chi connectivity index (χ0n) is 7.09. The number of carbonyl (C=O) groups excluding carboxylic acids is 2. The van der Waals surface area contributed by atoms with Gasteiger partial charge in [-0.2, -0.15) is 0 Å². The average molecular weight is 154 g/mol. The van der Waals surface area contributed by atoms with E-state index in [0.29, 0.717) is 18.8 Å². The van der Waals surface area contributed by atoms with Gasteiger partial charge >= 0.3 is 0 Å². The van der Waals surface area contributed by atoms with Crippen molar-refractivity contribution in [2.45, 2.75) is 33.1 Å². The van der Waals surface area contributed by atoms with Gasteiger partial charge in [0, 0.05) is 18.8 Å². The van der Waals surface area contributed by atoms with Gasteiger partial charge in [-0.1, -0.05) is 6.92 Å². The molecular formula is C9H14O2. The molecule has 0 heterocycles. The van der Waals surface area contributed by atoms with E-state index in [9.17, 15) is 9.59 Å². The maximum atomic E-state index is 11.0. The Hall–Kier alpha value is -0.660. The summed E-state index contributed by atoms with van der Waals surface area (Å²) in [6, 6.07) is 0. The van der Waals surface area contributed by atoms with Crippen LogP contribution in [0.15, 0.2) is 0 Å². The van der Waals surface area contributed by atoms with Crippen molar-refractivity contribution in [3.63, 3.8) is 0 Å². The fourth-order valence-electron chi connectivity index (χ4n) is 1.68. The molecule has 2 nitrogen and oxygen atoms in total. The summed E-state index contributed by atoms with van der Waals surface area (Å²) in [5.74, 6) is 0.843. The van der Waals surface area contributed by atoms with Crippen LogP contribution in [0.4, 0.5) is 0 Å². The monoisotopic (exact) mass is 154 g/mol. The Bertz CT molecular complexity index is 184. The van der Waals surface area contributed by atoms with Crippen molar-refractivity contribution < 1.29 is 9.59 Å². The summed E-state index contributed by atoms with van der Waals surface area (Å²) in [7, 11) is 0. The molecule has 0 bridgehead atoms. The van der Waals surface area contributed by atoms with E-state index in [4.69, 9.17) is 0 Å². The summed E-state index contributed by atoms with van der Waals surface area (Å²) in [6.07, 6.45) is 2.05. The minimum Gasteiger partial charge on any atom is -0.300 e. The highest BCUT2D eigenvalue weighted by Gasteiger charge is 2.28. The lowest BCUT2D eigenvalue weighted by atomic mass is 9.78. The van der Waals surface area contributed by atoms with E-state index < -0.39 is 0 Å². The minimum absolute atomic E-state index is 0.0104. The van der Waals surface area contributed by atoms with Gasteiger partial charge in [0.15, 0.2) is 0 Å². The maximum Gasteiger partial charge on any atom is 0.133 e. The van der Waals surface area contributed by atoms with Gasteiger partial charge in [0.2, 0.25) is 0 Å². The van der Waals surface area contributed by atoms with Gasteiger partial charge in [-0.05, 0) is 19.3 Å². The van der Waals surface area contributed by atoms with Crippen molar-refractivity contribution in [1.82, 2.24) is 0 Å². The molecule has 1 aliphatic carbocycles. The van der Waals surface area contributed by atoms with Crippen LogP contribution in [-0.2, 0) is 9.59 Å². The molecule has 0 radical (unpaired) electrons. The molecular weight excluding hydrogens is 140 g/mol. The van der Waals surface area contributed by atoms with Crippen LogP contribution in [0.5, 0.6) is 0 Å². The molecule has 1 aliphatic rings. The van der Waals surface area contributed by atoms with E-state index in [1.54, 1.807) is 6.92 Å². The number of carbonyl (C=O) groups is 2. The molecule has 2 atom stereocenters. The SMILES string of the molecule is CC(=O)C1CC(=O)CCC1C. The largest absolute Gasteiger partial charge is 0.300 e. The van der Waals surface area contributed by atoms with Crippen LogP contribution in [0.2, 0.25) is 0 Å². The van der Waals surface area contributed by atoms with E-state index in [2.05, 4.69) is 6.92 Å². The van der Waals surface area contributed by atoms with Crippen molar-refractivity contribution in [2.24, 2.45) is 11.8 Å². The molecule has 0 amide bonds. The normalized spacial score (nSPS) is 32.0. The third-order valence-electron chi connectivity index (χ3n) is 2.54. The number of Topliss-reactive ketones (excluding diaryl/α,β-unsaturated/α-hetero) is 2. The fraction of sp³-hybridized carbons (Fsp3) is 0.778. The summed E-state index contributed by atoms with van der Waals surface area (Å²) < 4.78 is 0. The van der Waals surface area contributed by atoms with Gasteiger partial charge in [0.25, 0.3) is 0 Å². The molecule has 0 aromatic heterocycles. The summed E-state index contributed by atoms with van der Waals surface area (Å²) >= 11 is 0. The molecule has 1 fully saturated rings. The Balaban J connectivity index is 2.61. The second-order valence-electron chi connectivity index (χ2n) is 3.48. The first-order chi connectivity index (χ1) is 5.11. The highest BCUT2D eigenvalue weighted by Crippen LogP contribution is 2.27. The van der Waals surface area contributed by atoms with E-state index in [0.717, 1.165) is 6.42 Å². The molecule has 1 rings (SSSR count). The second-order valence-corrected chi connectivity index (χ2v) is 3.48. The summed E-state index contributed by atoms with van der Waals surface area (Å²) in [4.78, 5) is 22.0. The first kappa shape index (κ1) is 8.44. The third kappa shape index (κ3) is 1.88. The van der Waals surface area contributed by atoms with E-state index >= 15 is 0 Å². The number of hydrogen-bond acceptors (Lipinski definition) is 2. The molecule has 2 heteroatoms. The average Bonchev–Trinajstić information content (AvgIpc) is 1.94. The Morgan fingerprint density at radius 3 is 2.64 bits per heavy atom. The van der Waals surface area contributed by atoms with Crippen molar-refractivity contribution >= 4 is 11.6 Å². The summed E-state index contributed by atoms with van der Waals surface area (Å²) in [5, 5.41) is 0. The van der Waals surface area contributed by atoms with Crippen molar-refractivity contribution in [2.75, 3.05) is 0 Å². The molecule has 0 saturated heterocycles. The van der Waals surface area contributed by atoms with Gasteiger partial charge in [-0.3, -0.25) is 9.59 Å². The van der Waals surface area contributed by atoms with Crippen molar-refractivity contribution in [3.05, 3.63) is 0 Å². The predicted octanol–water partition coefficient (Wildman–Crippen LogP) is 1.58. The van der Waals surface area contributed by atoms with Crippen molar-refractivity contribution in [1.29, 1.82) is 0 Å². The van der Waals surface area contributed by atoms with Crippen LogP contribution >= 0.6 is 0 Å².